The first-order valence-electron chi connectivity index (χ1n) is 5.11. The lowest BCUT2D eigenvalue weighted by atomic mass is 10.3. The quantitative estimate of drug-likeness (QED) is 0.494. The zero-order chi connectivity index (χ0) is 10.5. The van der Waals surface area contributed by atoms with Crippen LogP contribution in [-0.2, 0) is 9.47 Å². The Kier molecular flexibility index (Phi) is 10.6. The third kappa shape index (κ3) is 10.7. The smallest absolute Gasteiger partial charge is 0.110 e. The minimum Gasteiger partial charge on any atom is -0.447 e. The first-order chi connectivity index (χ1) is 6.91. The molecule has 0 aliphatic rings. The van der Waals surface area contributed by atoms with Crippen molar-refractivity contribution in [1.82, 2.24) is 0 Å². The van der Waals surface area contributed by atoms with Gasteiger partial charge in [0.15, 0.2) is 0 Å². The van der Waals surface area contributed by atoms with E-state index >= 15 is 0 Å². The zero-order valence-electron chi connectivity index (χ0n) is 9.06. The van der Waals surface area contributed by atoms with Crippen LogP contribution in [0.2, 0.25) is 0 Å². The molecule has 0 spiro atoms. The van der Waals surface area contributed by atoms with Crippen molar-refractivity contribution < 1.29 is 9.47 Å². The second-order valence-corrected chi connectivity index (χ2v) is 2.67. The molecular weight excluding hydrogens is 176 g/mol. The van der Waals surface area contributed by atoms with Crippen molar-refractivity contribution in [2.24, 2.45) is 0 Å². The molecule has 0 amide bonds. The number of ether oxygens (including phenoxy) is 2. The second kappa shape index (κ2) is 11.7. The van der Waals surface area contributed by atoms with Gasteiger partial charge in [0.25, 0.3) is 0 Å². The predicted octanol–water partition coefficient (Wildman–Crippen LogP) is 2.54. The summed E-state index contributed by atoms with van der Waals surface area (Å²) in [5.74, 6) is 5.68. The standard InChI is InChI=1S/C12H18O2/c1-3-5-9-13-11-7-8-12-14-10-6-4-2/h3-4,7-8,11-12H2,1-2H3. The summed E-state index contributed by atoms with van der Waals surface area (Å²) in [6.07, 6.45) is 8.87. The van der Waals surface area contributed by atoms with Gasteiger partial charge in [0.1, 0.15) is 25.4 Å². The summed E-state index contributed by atoms with van der Waals surface area (Å²) in [7, 11) is 0. The van der Waals surface area contributed by atoms with Crippen molar-refractivity contribution in [3.63, 3.8) is 0 Å². The molecule has 0 atom stereocenters. The van der Waals surface area contributed by atoms with Crippen molar-refractivity contribution >= 4 is 0 Å². The largest absolute Gasteiger partial charge is 0.447 e. The molecule has 2 nitrogen and oxygen atoms in total. The van der Waals surface area contributed by atoms with Crippen LogP contribution in [0, 0.1) is 24.1 Å². The maximum Gasteiger partial charge on any atom is 0.110 e. The Morgan fingerprint density at radius 3 is 1.57 bits per heavy atom. The molecule has 0 aromatic carbocycles. The molecule has 0 radical (unpaired) electrons. The van der Waals surface area contributed by atoms with Crippen LogP contribution in [0.1, 0.15) is 39.5 Å². The van der Waals surface area contributed by atoms with E-state index in [1.54, 1.807) is 0 Å². The fourth-order valence-electron chi connectivity index (χ4n) is 0.697. The van der Waals surface area contributed by atoms with E-state index in [1.807, 2.05) is 13.8 Å². The van der Waals surface area contributed by atoms with E-state index in [1.165, 1.54) is 0 Å². The van der Waals surface area contributed by atoms with Crippen LogP contribution in [-0.4, -0.2) is 13.2 Å². The fourth-order valence-corrected chi connectivity index (χ4v) is 0.697. The van der Waals surface area contributed by atoms with E-state index in [9.17, 15) is 0 Å². The van der Waals surface area contributed by atoms with Crippen LogP contribution in [0.3, 0.4) is 0 Å². The molecule has 0 rings (SSSR count). The second-order valence-electron chi connectivity index (χ2n) is 2.67. The van der Waals surface area contributed by atoms with E-state index in [4.69, 9.17) is 9.47 Å². The summed E-state index contributed by atoms with van der Waals surface area (Å²) < 4.78 is 10.1. The molecule has 0 saturated heterocycles. The molecule has 0 aliphatic carbocycles. The van der Waals surface area contributed by atoms with Crippen molar-refractivity contribution in [1.29, 1.82) is 0 Å². The number of hydrogen-bond acceptors (Lipinski definition) is 2. The minimum absolute atomic E-state index is 0.678. The molecule has 0 bridgehead atoms. The van der Waals surface area contributed by atoms with Crippen LogP contribution in [0.4, 0.5) is 0 Å². The van der Waals surface area contributed by atoms with Gasteiger partial charge in [-0.1, -0.05) is 25.7 Å². The van der Waals surface area contributed by atoms with Crippen molar-refractivity contribution in [3.05, 3.63) is 0 Å². The molecule has 0 saturated carbocycles. The van der Waals surface area contributed by atoms with Gasteiger partial charge in [-0.05, 0) is 12.8 Å². The number of unbranched alkanes of at least 4 members (excludes halogenated alkanes) is 1. The van der Waals surface area contributed by atoms with Gasteiger partial charge in [0, 0.05) is 12.8 Å². The van der Waals surface area contributed by atoms with Gasteiger partial charge in [0.05, 0.1) is 0 Å². The molecule has 0 aliphatic heterocycles. The van der Waals surface area contributed by atoms with Crippen molar-refractivity contribution in [3.8, 4) is 24.1 Å². The van der Waals surface area contributed by atoms with E-state index < -0.39 is 0 Å². The predicted molar refractivity (Wildman–Crippen MR) is 57.3 cm³/mol. The lowest BCUT2D eigenvalue weighted by molar-refractivity contribution is 0.229. The third-order valence-corrected chi connectivity index (χ3v) is 1.39. The highest BCUT2D eigenvalue weighted by molar-refractivity contribution is 4.90. The van der Waals surface area contributed by atoms with E-state index in [2.05, 4.69) is 24.1 Å². The molecule has 0 aromatic heterocycles. The summed E-state index contributed by atoms with van der Waals surface area (Å²) in [5.41, 5.74) is 0. The number of hydrogen-bond donors (Lipinski definition) is 0. The zero-order valence-corrected chi connectivity index (χ0v) is 9.06. The maximum atomic E-state index is 5.05. The van der Waals surface area contributed by atoms with Crippen LogP contribution >= 0.6 is 0 Å². The van der Waals surface area contributed by atoms with E-state index in [0.717, 1.165) is 25.7 Å². The fraction of sp³-hybridized carbons (Fsp3) is 0.667. The summed E-state index contributed by atoms with van der Waals surface area (Å²) in [6, 6.07) is 0. The first kappa shape index (κ1) is 12.7. The molecule has 2 heteroatoms. The Balaban J connectivity index is 3.06. The molecule has 0 unspecified atom stereocenters. The van der Waals surface area contributed by atoms with Gasteiger partial charge >= 0.3 is 0 Å². The Morgan fingerprint density at radius 1 is 0.786 bits per heavy atom. The summed E-state index contributed by atoms with van der Waals surface area (Å²) in [5, 5.41) is 0. The topological polar surface area (TPSA) is 18.5 Å². The highest BCUT2D eigenvalue weighted by atomic mass is 16.5. The average Bonchev–Trinajstić information content (AvgIpc) is 2.21. The molecular formula is C12H18O2. The Hall–Kier alpha value is -1.28. The summed E-state index contributed by atoms with van der Waals surface area (Å²) >= 11 is 0. The van der Waals surface area contributed by atoms with Crippen molar-refractivity contribution in [2.75, 3.05) is 13.2 Å². The van der Waals surface area contributed by atoms with Crippen LogP contribution in [0.5, 0.6) is 0 Å². The number of rotatable bonds is 5. The highest BCUT2D eigenvalue weighted by Crippen LogP contribution is 1.90. The van der Waals surface area contributed by atoms with Gasteiger partial charge in [-0.25, -0.2) is 0 Å². The van der Waals surface area contributed by atoms with E-state index in [0.29, 0.717) is 13.2 Å². The highest BCUT2D eigenvalue weighted by Gasteiger charge is 1.87. The SMILES string of the molecule is CCC#COCCCCOC#CCC. The minimum atomic E-state index is 0.678. The molecule has 0 fully saturated rings. The Bertz CT molecular complexity index is 198. The molecule has 78 valence electrons. The lowest BCUT2D eigenvalue weighted by Crippen LogP contribution is -1.93. The van der Waals surface area contributed by atoms with E-state index in [-0.39, 0.29) is 0 Å². The van der Waals surface area contributed by atoms with Gasteiger partial charge in [-0.15, -0.1) is 0 Å². The molecule has 0 heterocycles. The van der Waals surface area contributed by atoms with Crippen LogP contribution in [0.15, 0.2) is 0 Å². The third-order valence-electron chi connectivity index (χ3n) is 1.39. The summed E-state index contributed by atoms with van der Waals surface area (Å²) in [6.45, 7) is 5.35. The lowest BCUT2D eigenvalue weighted by Gasteiger charge is -1.97. The molecule has 0 aromatic rings. The first-order valence-corrected chi connectivity index (χ1v) is 5.11. The molecule has 0 N–H and O–H groups in total. The Labute approximate surface area is 87.0 Å². The molecule has 14 heavy (non-hydrogen) atoms. The van der Waals surface area contributed by atoms with Gasteiger partial charge in [0.2, 0.25) is 0 Å². The Morgan fingerprint density at radius 2 is 1.21 bits per heavy atom. The van der Waals surface area contributed by atoms with Crippen LogP contribution < -0.4 is 0 Å². The van der Waals surface area contributed by atoms with Gasteiger partial charge < -0.3 is 9.47 Å². The van der Waals surface area contributed by atoms with Gasteiger partial charge in [-0.2, -0.15) is 0 Å². The van der Waals surface area contributed by atoms with Gasteiger partial charge in [-0.3, -0.25) is 0 Å². The summed E-state index contributed by atoms with van der Waals surface area (Å²) in [4.78, 5) is 0. The van der Waals surface area contributed by atoms with Crippen molar-refractivity contribution in [2.45, 2.75) is 39.5 Å². The monoisotopic (exact) mass is 194 g/mol. The maximum absolute atomic E-state index is 5.05. The average molecular weight is 194 g/mol. The normalized spacial score (nSPS) is 7.86. The van der Waals surface area contributed by atoms with Crippen LogP contribution in [0.25, 0.3) is 0 Å².